The number of rotatable bonds is 8. The minimum absolute atomic E-state index is 0.0140. The van der Waals surface area contributed by atoms with Crippen molar-refractivity contribution in [3.63, 3.8) is 0 Å². The van der Waals surface area contributed by atoms with Gasteiger partial charge in [-0.1, -0.05) is 26.0 Å². The summed E-state index contributed by atoms with van der Waals surface area (Å²) in [5, 5.41) is 12.5. The summed E-state index contributed by atoms with van der Waals surface area (Å²) in [5.74, 6) is 0.545. The van der Waals surface area contributed by atoms with Gasteiger partial charge in [0, 0.05) is 12.0 Å². The van der Waals surface area contributed by atoms with Gasteiger partial charge in [-0.05, 0) is 37.5 Å². The van der Waals surface area contributed by atoms with Crippen LogP contribution in [0, 0.1) is 5.41 Å². The van der Waals surface area contributed by atoms with E-state index in [1.54, 1.807) is 7.11 Å². The molecule has 0 saturated heterocycles. The van der Waals surface area contributed by atoms with E-state index in [4.69, 9.17) is 4.74 Å². The average molecular weight is 293 g/mol. The van der Waals surface area contributed by atoms with Gasteiger partial charge in [-0.25, -0.2) is 0 Å². The molecule has 0 aliphatic heterocycles. The maximum atomic E-state index is 12.3. The topological polar surface area (TPSA) is 58.6 Å². The Labute approximate surface area is 127 Å². The van der Waals surface area contributed by atoms with Crippen molar-refractivity contribution in [1.29, 1.82) is 0 Å². The summed E-state index contributed by atoms with van der Waals surface area (Å²) < 4.78 is 5.12. The normalized spacial score (nSPS) is 12.8. The fraction of sp³-hybridized carbons (Fsp3) is 0.588. The minimum atomic E-state index is -0.221. The highest BCUT2D eigenvalue weighted by Crippen LogP contribution is 2.25. The molecular formula is C17H27NO3. The van der Waals surface area contributed by atoms with Crippen LogP contribution in [0.5, 0.6) is 5.75 Å². The summed E-state index contributed by atoms with van der Waals surface area (Å²) in [6.07, 6.45) is 1.69. The molecule has 118 valence electrons. The van der Waals surface area contributed by atoms with E-state index in [0.717, 1.165) is 24.2 Å². The lowest BCUT2D eigenvalue weighted by atomic mass is 9.83. The first kappa shape index (κ1) is 17.5. The van der Waals surface area contributed by atoms with Gasteiger partial charge in [0.05, 0.1) is 19.6 Å². The van der Waals surface area contributed by atoms with E-state index in [-0.39, 0.29) is 23.8 Å². The summed E-state index contributed by atoms with van der Waals surface area (Å²) in [5.41, 5.74) is 0.742. The molecule has 1 aromatic carbocycles. The van der Waals surface area contributed by atoms with Crippen LogP contribution >= 0.6 is 0 Å². The molecule has 0 fully saturated rings. The summed E-state index contributed by atoms with van der Waals surface area (Å²) in [6, 6.07) is 7.52. The molecule has 0 radical (unpaired) electrons. The van der Waals surface area contributed by atoms with Crippen molar-refractivity contribution >= 4 is 5.91 Å². The van der Waals surface area contributed by atoms with Gasteiger partial charge in [0.1, 0.15) is 5.75 Å². The molecule has 21 heavy (non-hydrogen) atoms. The fourth-order valence-electron chi connectivity index (χ4n) is 2.25. The smallest absolute Gasteiger partial charge is 0.227 e. The Hall–Kier alpha value is -1.55. The number of amides is 1. The summed E-state index contributed by atoms with van der Waals surface area (Å²) in [7, 11) is 1.62. The molecule has 0 saturated carbocycles. The first-order valence-corrected chi connectivity index (χ1v) is 7.54. The molecule has 1 aromatic rings. The second-order valence-electron chi connectivity index (χ2n) is 5.58. The first-order valence-electron chi connectivity index (χ1n) is 7.54. The Balaban J connectivity index is 2.65. The Bertz CT molecular complexity index is 430. The lowest BCUT2D eigenvalue weighted by Gasteiger charge is -2.30. The van der Waals surface area contributed by atoms with Crippen LogP contribution in [0.3, 0.4) is 0 Å². The summed E-state index contributed by atoms with van der Waals surface area (Å²) in [4.78, 5) is 12.3. The molecule has 0 heterocycles. The second kappa shape index (κ2) is 8.03. The van der Waals surface area contributed by atoms with Crippen LogP contribution in [0.25, 0.3) is 0 Å². The SMILES string of the molecule is CCC(CC)(CO)CNC(=O)C(C)c1ccc(OC)cc1. The quantitative estimate of drug-likeness (QED) is 0.775. The van der Waals surface area contributed by atoms with Crippen molar-refractivity contribution in [2.45, 2.75) is 39.5 Å². The van der Waals surface area contributed by atoms with E-state index in [2.05, 4.69) is 5.32 Å². The van der Waals surface area contributed by atoms with Crippen LogP contribution in [0.4, 0.5) is 0 Å². The fourth-order valence-corrected chi connectivity index (χ4v) is 2.25. The van der Waals surface area contributed by atoms with Crippen molar-refractivity contribution in [3.05, 3.63) is 29.8 Å². The maximum Gasteiger partial charge on any atom is 0.227 e. The number of carbonyl (C=O) groups is 1. The van der Waals surface area contributed by atoms with Gasteiger partial charge in [0.15, 0.2) is 0 Å². The first-order chi connectivity index (χ1) is 10.0. The average Bonchev–Trinajstić information content (AvgIpc) is 2.55. The van der Waals surface area contributed by atoms with Crippen molar-refractivity contribution in [3.8, 4) is 5.75 Å². The number of ether oxygens (including phenoxy) is 1. The number of aliphatic hydroxyl groups excluding tert-OH is 1. The van der Waals surface area contributed by atoms with Gasteiger partial charge in [-0.2, -0.15) is 0 Å². The van der Waals surface area contributed by atoms with Gasteiger partial charge in [-0.3, -0.25) is 4.79 Å². The standard InChI is InChI=1S/C17H27NO3/c1-5-17(6-2,12-19)11-18-16(20)13(3)14-7-9-15(21-4)10-8-14/h7-10,13,19H,5-6,11-12H2,1-4H3,(H,18,20). The number of hydrogen-bond acceptors (Lipinski definition) is 3. The molecule has 2 N–H and O–H groups in total. The largest absolute Gasteiger partial charge is 0.497 e. The molecule has 1 unspecified atom stereocenters. The lowest BCUT2D eigenvalue weighted by Crippen LogP contribution is -2.40. The third-order valence-corrected chi connectivity index (χ3v) is 4.48. The molecule has 0 spiro atoms. The number of carbonyl (C=O) groups excluding carboxylic acids is 1. The van der Waals surface area contributed by atoms with Crippen LogP contribution < -0.4 is 10.1 Å². The zero-order valence-corrected chi connectivity index (χ0v) is 13.5. The highest BCUT2D eigenvalue weighted by molar-refractivity contribution is 5.83. The van der Waals surface area contributed by atoms with Crippen LogP contribution in [-0.4, -0.2) is 31.3 Å². The van der Waals surface area contributed by atoms with E-state index in [1.807, 2.05) is 45.0 Å². The third kappa shape index (κ3) is 4.46. The predicted molar refractivity (Wildman–Crippen MR) is 84.5 cm³/mol. The van der Waals surface area contributed by atoms with Gasteiger partial charge >= 0.3 is 0 Å². The molecule has 0 aliphatic carbocycles. The second-order valence-corrected chi connectivity index (χ2v) is 5.58. The van der Waals surface area contributed by atoms with E-state index >= 15 is 0 Å². The predicted octanol–water partition coefficient (Wildman–Crippen LogP) is 2.71. The van der Waals surface area contributed by atoms with Crippen molar-refractivity contribution < 1.29 is 14.6 Å². The molecule has 0 aliphatic rings. The Kier molecular flexibility index (Phi) is 6.69. The highest BCUT2D eigenvalue weighted by atomic mass is 16.5. The van der Waals surface area contributed by atoms with E-state index in [1.165, 1.54) is 0 Å². The number of benzene rings is 1. The van der Waals surface area contributed by atoms with Crippen molar-refractivity contribution in [1.82, 2.24) is 5.32 Å². The molecule has 0 bridgehead atoms. The van der Waals surface area contributed by atoms with Gasteiger partial charge in [-0.15, -0.1) is 0 Å². The molecule has 1 amide bonds. The molecule has 1 rings (SSSR count). The zero-order valence-electron chi connectivity index (χ0n) is 13.5. The lowest BCUT2D eigenvalue weighted by molar-refractivity contribution is -0.122. The number of aliphatic hydroxyl groups is 1. The Morgan fingerprint density at radius 2 is 1.86 bits per heavy atom. The molecular weight excluding hydrogens is 266 g/mol. The third-order valence-electron chi connectivity index (χ3n) is 4.48. The summed E-state index contributed by atoms with van der Waals surface area (Å²) >= 11 is 0. The van der Waals surface area contributed by atoms with Crippen LogP contribution in [0.1, 0.15) is 45.1 Å². The molecule has 1 atom stereocenters. The van der Waals surface area contributed by atoms with E-state index < -0.39 is 0 Å². The van der Waals surface area contributed by atoms with Crippen LogP contribution in [0.15, 0.2) is 24.3 Å². The number of methoxy groups -OCH3 is 1. The highest BCUT2D eigenvalue weighted by Gasteiger charge is 2.27. The monoisotopic (exact) mass is 293 g/mol. The van der Waals surface area contributed by atoms with Crippen molar-refractivity contribution in [2.24, 2.45) is 5.41 Å². The van der Waals surface area contributed by atoms with E-state index in [9.17, 15) is 9.90 Å². The molecule has 4 heteroatoms. The zero-order chi connectivity index (χ0) is 15.9. The van der Waals surface area contributed by atoms with E-state index in [0.29, 0.717) is 6.54 Å². The van der Waals surface area contributed by atoms with Crippen molar-refractivity contribution in [2.75, 3.05) is 20.3 Å². The summed E-state index contributed by atoms with van der Waals surface area (Å²) in [6.45, 7) is 6.57. The maximum absolute atomic E-state index is 12.3. The Morgan fingerprint density at radius 3 is 2.29 bits per heavy atom. The number of nitrogens with one attached hydrogen (secondary N) is 1. The number of hydrogen-bond donors (Lipinski definition) is 2. The van der Waals surface area contributed by atoms with Gasteiger partial charge in [0.2, 0.25) is 5.91 Å². The van der Waals surface area contributed by atoms with Crippen LogP contribution in [0.2, 0.25) is 0 Å². The Morgan fingerprint density at radius 1 is 1.29 bits per heavy atom. The molecule has 4 nitrogen and oxygen atoms in total. The minimum Gasteiger partial charge on any atom is -0.497 e. The van der Waals surface area contributed by atoms with Gasteiger partial charge in [0.25, 0.3) is 0 Å². The van der Waals surface area contributed by atoms with Gasteiger partial charge < -0.3 is 15.2 Å². The molecule has 0 aromatic heterocycles. The van der Waals surface area contributed by atoms with Crippen LogP contribution in [-0.2, 0) is 4.79 Å².